The summed E-state index contributed by atoms with van der Waals surface area (Å²) in [5.74, 6) is 0. The maximum Gasteiger partial charge on any atom is 0.0409 e. The van der Waals surface area contributed by atoms with Gasteiger partial charge in [0, 0.05) is 22.1 Å². The quantitative estimate of drug-likeness (QED) is 0.731. The molecule has 0 fully saturated rings. The highest BCUT2D eigenvalue weighted by Crippen LogP contribution is 2.23. The first-order chi connectivity index (χ1) is 9.06. The first kappa shape index (κ1) is 14.6. The van der Waals surface area contributed by atoms with E-state index in [-0.39, 0.29) is 0 Å². The van der Waals surface area contributed by atoms with E-state index in [1.807, 2.05) is 18.2 Å². The molecule has 0 aromatic heterocycles. The van der Waals surface area contributed by atoms with E-state index in [2.05, 4.69) is 65.1 Å². The monoisotopic (exact) mass is 337 g/mol. The maximum atomic E-state index is 6.05. The number of rotatable bonds is 4. The van der Waals surface area contributed by atoms with E-state index in [9.17, 15) is 0 Å². The van der Waals surface area contributed by atoms with Crippen LogP contribution >= 0.6 is 27.5 Å². The summed E-state index contributed by atoms with van der Waals surface area (Å²) in [7, 11) is 2.13. The summed E-state index contributed by atoms with van der Waals surface area (Å²) in [6.45, 7) is 3.12. The molecule has 1 atom stereocenters. The normalized spacial score (nSPS) is 12.7. The molecule has 0 amide bonds. The number of hydrogen-bond donors (Lipinski definition) is 0. The zero-order chi connectivity index (χ0) is 13.8. The summed E-state index contributed by atoms with van der Waals surface area (Å²) < 4.78 is 1.11. The van der Waals surface area contributed by atoms with Crippen molar-refractivity contribution in [3.63, 3.8) is 0 Å². The fourth-order valence-corrected chi connectivity index (χ4v) is 2.50. The Morgan fingerprint density at radius 1 is 1.16 bits per heavy atom. The van der Waals surface area contributed by atoms with Crippen molar-refractivity contribution < 1.29 is 0 Å². The second kappa shape index (κ2) is 6.56. The van der Waals surface area contributed by atoms with Crippen molar-refractivity contribution >= 4 is 27.5 Å². The molecule has 1 nitrogen and oxygen atoms in total. The molecule has 3 heteroatoms. The Kier molecular flexibility index (Phi) is 5.03. The van der Waals surface area contributed by atoms with Gasteiger partial charge in [-0.05, 0) is 49.4 Å². The van der Waals surface area contributed by atoms with Crippen LogP contribution in [0.25, 0.3) is 0 Å². The fourth-order valence-electron chi connectivity index (χ4n) is 2.04. The summed E-state index contributed by atoms with van der Waals surface area (Å²) >= 11 is 9.50. The molecule has 2 aromatic carbocycles. The molecule has 1 unspecified atom stereocenters. The first-order valence-corrected chi connectivity index (χ1v) is 7.43. The highest BCUT2D eigenvalue weighted by molar-refractivity contribution is 9.10. The Morgan fingerprint density at radius 3 is 2.47 bits per heavy atom. The van der Waals surface area contributed by atoms with Gasteiger partial charge in [-0.15, -0.1) is 0 Å². The van der Waals surface area contributed by atoms with Crippen LogP contribution in [0.15, 0.2) is 53.0 Å². The van der Waals surface area contributed by atoms with E-state index in [1.165, 1.54) is 11.1 Å². The van der Waals surface area contributed by atoms with Crippen LogP contribution in [-0.2, 0) is 6.54 Å². The van der Waals surface area contributed by atoms with Crippen molar-refractivity contribution in [1.82, 2.24) is 4.90 Å². The van der Waals surface area contributed by atoms with Gasteiger partial charge in [0.05, 0.1) is 0 Å². The second-order valence-electron chi connectivity index (χ2n) is 4.77. The lowest BCUT2D eigenvalue weighted by atomic mass is 10.1. The minimum atomic E-state index is 0.336. The van der Waals surface area contributed by atoms with Gasteiger partial charge in [-0.2, -0.15) is 0 Å². The van der Waals surface area contributed by atoms with Gasteiger partial charge >= 0.3 is 0 Å². The van der Waals surface area contributed by atoms with Gasteiger partial charge in [0.2, 0.25) is 0 Å². The van der Waals surface area contributed by atoms with Gasteiger partial charge < -0.3 is 0 Å². The SMILES string of the molecule is CC(c1cccc(Cl)c1)N(C)Cc1ccc(Br)cc1. The summed E-state index contributed by atoms with van der Waals surface area (Å²) in [5, 5.41) is 0.793. The van der Waals surface area contributed by atoms with Crippen molar-refractivity contribution in [2.24, 2.45) is 0 Å². The molecule has 0 aliphatic rings. The minimum absolute atomic E-state index is 0.336. The molecule has 2 aromatic rings. The number of benzene rings is 2. The van der Waals surface area contributed by atoms with E-state index in [1.54, 1.807) is 0 Å². The van der Waals surface area contributed by atoms with E-state index in [0.717, 1.165) is 16.0 Å². The van der Waals surface area contributed by atoms with E-state index < -0.39 is 0 Å². The van der Waals surface area contributed by atoms with Crippen LogP contribution in [0.1, 0.15) is 24.1 Å². The van der Waals surface area contributed by atoms with Crippen molar-refractivity contribution in [2.45, 2.75) is 19.5 Å². The lowest BCUT2D eigenvalue weighted by molar-refractivity contribution is 0.253. The zero-order valence-corrected chi connectivity index (χ0v) is 13.4. The average Bonchev–Trinajstić information content (AvgIpc) is 2.40. The molecular weight excluding hydrogens is 322 g/mol. The largest absolute Gasteiger partial charge is 0.295 e. The molecule has 19 heavy (non-hydrogen) atoms. The Bertz CT molecular complexity index is 539. The lowest BCUT2D eigenvalue weighted by Gasteiger charge is -2.25. The molecule has 0 aliphatic heterocycles. The first-order valence-electron chi connectivity index (χ1n) is 6.26. The van der Waals surface area contributed by atoms with Crippen LogP contribution in [0.4, 0.5) is 0 Å². The van der Waals surface area contributed by atoms with E-state index in [0.29, 0.717) is 6.04 Å². The molecule has 0 bridgehead atoms. The Hall–Kier alpha value is -0.830. The second-order valence-corrected chi connectivity index (χ2v) is 6.12. The summed E-state index contributed by atoms with van der Waals surface area (Å²) in [4.78, 5) is 2.31. The fraction of sp³-hybridized carbons (Fsp3) is 0.250. The van der Waals surface area contributed by atoms with Crippen LogP contribution in [0, 0.1) is 0 Å². The van der Waals surface area contributed by atoms with Crippen molar-refractivity contribution in [3.8, 4) is 0 Å². The van der Waals surface area contributed by atoms with E-state index in [4.69, 9.17) is 11.6 Å². The minimum Gasteiger partial charge on any atom is -0.295 e. The smallest absolute Gasteiger partial charge is 0.0409 e. The molecular formula is C16H17BrClN. The van der Waals surface area contributed by atoms with Gasteiger partial charge in [-0.3, -0.25) is 4.90 Å². The third kappa shape index (κ3) is 4.07. The number of nitrogens with zero attached hydrogens (tertiary/aromatic N) is 1. The topological polar surface area (TPSA) is 3.24 Å². The van der Waals surface area contributed by atoms with Crippen molar-refractivity contribution in [2.75, 3.05) is 7.05 Å². The number of halogens is 2. The van der Waals surface area contributed by atoms with Gasteiger partial charge in [-0.1, -0.05) is 51.8 Å². The van der Waals surface area contributed by atoms with Gasteiger partial charge in [0.25, 0.3) is 0 Å². The Balaban J connectivity index is 2.07. The molecule has 0 saturated carbocycles. The molecule has 0 heterocycles. The van der Waals surface area contributed by atoms with Gasteiger partial charge in [0.1, 0.15) is 0 Å². The van der Waals surface area contributed by atoms with E-state index >= 15 is 0 Å². The lowest BCUT2D eigenvalue weighted by Crippen LogP contribution is -2.21. The molecule has 2 rings (SSSR count). The molecule has 100 valence electrons. The highest BCUT2D eigenvalue weighted by Gasteiger charge is 2.12. The molecule has 0 spiro atoms. The third-order valence-electron chi connectivity index (χ3n) is 3.34. The zero-order valence-electron chi connectivity index (χ0n) is 11.1. The predicted molar refractivity (Wildman–Crippen MR) is 85.5 cm³/mol. The van der Waals surface area contributed by atoms with Crippen LogP contribution in [-0.4, -0.2) is 11.9 Å². The molecule has 0 radical (unpaired) electrons. The van der Waals surface area contributed by atoms with Crippen LogP contribution in [0.3, 0.4) is 0 Å². The third-order valence-corrected chi connectivity index (χ3v) is 4.10. The maximum absolute atomic E-state index is 6.05. The molecule has 0 N–H and O–H groups in total. The van der Waals surface area contributed by atoms with Crippen molar-refractivity contribution in [3.05, 3.63) is 69.2 Å². The summed E-state index contributed by atoms with van der Waals surface area (Å²) in [5.41, 5.74) is 2.55. The van der Waals surface area contributed by atoms with Gasteiger partial charge in [0.15, 0.2) is 0 Å². The highest BCUT2D eigenvalue weighted by atomic mass is 79.9. The average molecular weight is 339 g/mol. The van der Waals surface area contributed by atoms with Crippen LogP contribution in [0.5, 0.6) is 0 Å². The van der Waals surface area contributed by atoms with Crippen molar-refractivity contribution in [1.29, 1.82) is 0 Å². The van der Waals surface area contributed by atoms with Crippen LogP contribution in [0.2, 0.25) is 5.02 Å². The number of hydrogen-bond acceptors (Lipinski definition) is 1. The summed E-state index contributed by atoms with van der Waals surface area (Å²) in [6.07, 6.45) is 0. The summed E-state index contributed by atoms with van der Waals surface area (Å²) in [6, 6.07) is 16.8. The van der Waals surface area contributed by atoms with Crippen LogP contribution < -0.4 is 0 Å². The standard InChI is InChI=1S/C16H17BrClN/c1-12(14-4-3-5-16(18)10-14)19(2)11-13-6-8-15(17)9-7-13/h3-10,12H,11H2,1-2H3. The Morgan fingerprint density at radius 2 is 1.84 bits per heavy atom. The molecule has 0 saturated heterocycles. The van der Waals surface area contributed by atoms with Gasteiger partial charge in [-0.25, -0.2) is 0 Å². The molecule has 0 aliphatic carbocycles. The predicted octanol–water partition coefficient (Wildman–Crippen LogP) is 5.30. The Labute approximate surface area is 128 Å².